The third-order valence-electron chi connectivity index (χ3n) is 3.39. The van der Waals surface area contributed by atoms with Crippen molar-refractivity contribution in [2.75, 3.05) is 38.8 Å². The van der Waals surface area contributed by atoms with Crippen molar-refractivity contribution >= 4 is 21.8 Å². The molecule has 1 heterocycles. The van der Waals surface area contributed by atoms with Gasteiger partial charge in [-0.1, -0.05) is 0 Å². The lowest BCUT2D eigenvalue weighted by Crippen LogP contribution is -2.53. The molecular formula is C11H20N2O6S. The summed E-state index contributed by atoms with van der Waals surface area (Å²) in [6.07, 6.45) is 1.09. The zero-order valence-corrected chi connectivity index (χ0v) is 12.6. The molecule has 1 saturated heterocycles. The van der Waals surface area contributed by atoms with E-state index in [0.29, 0.717) is 0 Å². The number of ether oxygens (including phenoxy) is 1. The first-order chi connectivity index (χ1) is 9.06. The van der Waals surface area contributed by atoms with Crippen LogP contribution in [0.15, 0.2) is 0 Å². The Morgan fingerprint density at radius 3 is 2.60 bits per heavy atom. The van der Waals surface area contributed by atoms with E-state index in [4.69, 9.17) is 4.74 Å². The summed E-state index contributed by atoms with van der Waals surface area (Å²) in [4.78, 5) is 24.3. The third kappa shape index (κ3) is 4.07. The lowest BCUT2D eigenvalue weighted by Gasteiger charge is -2.27. The number of carboxylic acid groups (broad SMARTS) is 1. The molecule has 0 aromatic heterocycles. The highest BCUT2D eigenvalue weighted by atomic mass is 32.2. The monoisotopic (exact) mass is 308 g/mol. The van der Waals surface area contributed by atoms with Crippen molar-refractivity contribution in [3.63, 3.8) is 0 Å². The van der Waals surface area contributed by atoms with Crippen LogP contribution in [0, 0.1) is 5.41 Å². The maximum absolute atomic E-state index is 11.9. The molecule has 20 heavy (non-hydrogen) atoms. The Balaban J connectivity index is 2.59. The van der Waals surface area contributed by atoms with Crippen LogP contribution in [0.5, 0.6) is 0 Å². The minimum absolute atomic E-state index is 0.0281. The van der Waals surface area contributed by atoms with Crippen LogP contribution < -0.4 is 5.32 Å². The minimum Gasteiger partial charge on any atom is -0.481 e. The van der Waals surface area contributed by atoms with Crippen LogP contribution in [0.3, 0.4) is 0 Å². The Morgan fingerprint density at radius 1 is 1.50 bits per heavy atom. The molecule has 1 aliphatic rings. The van der Waals surface area contributed by atoms with E-state index in [1.807, 2.05) is 0 Å². The number of carbonyl (C=O) groups excluding carboxylic acids is 1. The lowest BCUT2D eigenvalue weighted by atomic mass is 9.85. The molecule has 9 heteroatoms. The number of sulfone groups is 1. The lowest BCUT2D eigenvalue weighted by molar-refractivity contribution is -0.148. The molecular weight excluding hydrogens is 288 g/mol. The molecule has 1 aliphatic heterocycles. The van der Waals surface area contributed by atoms with E-state index in [2.05, 4.69) is 5.32 Å². The van der Waals surface area contributed by atoms with E-state index in [1.165, 1.54) is 18.9 Å². The van der Waals surface area contributed by atoms with Gasteiger partial charge in [0.1, 0.15) is 15.3 Å². The normalized spacial score (nSPS) is 26.2. The minimum atomic E-state index is -3.16. The molecule has 0 aromatic carbocycles. The predicted molar refractivity (Wildman–Crippen MR) is 71.2 cm³/mol. The van der Waals surface area contributed by atoms with E-state index in [9.17, 15) is 23.1 Å². The van der Waals surface area contributed by atoms with Gasteiger partial charge in [0, 0.05) is 19.8 Å². The predicted octanol–water partition coefficient (Wildman–Crippen LogP) is -0.838. The summed E-state index contributed by atoms with van der Waals surface area (Å²) in [7, 11) is -1.70. The quantitative estimate of drug-likeness (QED) is 0.685. The number of nitrogens with zero attached hydrogens (tertiary/aromatic N) is 1. The number of hydrogen-bond acceptors (Lipinski definition) is 5. The smallest absolute Gasteiger partial charge is 0.317 e. The second kappa shape index (κ2) is 5.96. The van der Waals surface area contributed by atoms with E-state index in [1.54, 1.807) is 0 Å². The summed E-state index contributed by atoms with van der Waals surface area (Å²) in [5.74, 6) is -1.19. The van der Waals surface area contributed by atoms with Crippen LogP contribution in [0.4, 0.5) is 4.79 Å². The van der Waals surface area contributed by atoms with Crippen LogP contribution in [0.1, 0.15) is 6.92 Å². The first kappa shape index (κ1) is 16.7. The van der Waals surface area contributed by atoms with Gasteiger partial charge in [-0.3, -0.25) is 4.79 Å². The molecule has 0 saturated carbocycles. The van der Waals surface area contributed by atoms with Crippen molar-refractivity contribution in [3.8, 4) is 0 Å². The molecule has 0 aliphatic carbocycles. The molecule has 2 N–H and O–H groups in total. The number of carboxylic acids is 1. The van der Waals surface area contributed by atoms with Crippen molar-refractivity contribution < 1.29 is 27.9 Å². The number of nitrogens with one attached hydrogen (secondary N) is 1. The fraction of sp³-hybridized carbons (Fsp3) is 0.818. The molecule has 1 fully saturated rings. The molecule has 1 rings (SSSR count). The van der Waals surface area contributed by atoms with Crippen molar-refractivity contribution in [1.29, 1.82) is 0 Å². The average molecular weight is 308 g/mol. The fourth-order valence-electron chi connectivity index (χ4n) is 1.75. The number of urea groups is 1. The Bertz CT molecular complexity index is 491. The highest BCUT2D eigenvalue weighted by Crippen LogP contribution is 2.28. The summed E-state index contributed by atoms with van der Waals surface area (Å²) in [5.41, 5.74) is -1.17. The second-order valence-corrected chi connectivity index (χ2v) is 7.55. The summed E-state index contributed by atoms with van der Waals surface area (Å²) in [5, 5.41) is 11.8. The molecule has 8 nitrogen and oxygen atoms in total. The number of aliphatic carboxylic acids is 1. The Hall–Kier alpha value is -1.35. The van der Waals surface area contributed by atoms with Gasteiger partial charge in [-0.05, 0) is 6.92 Å². The van der Waals surface area contributed by atoms with Crippen LogP contribution in [-0.2, 0) is 19.4 Å². The molecule has 0 aromatic rings. The number of rotatable bonds is 5. The highest BCUT2D eigenvalue weighted by molar-refractivity contribution is 7.90. The summed E-state index contributed by atoms with van der Waals surface area (Å²) in [6, 6.07) is -1.16. The molecule has 116 valence electrons. The van der Waals surface area contributed by atoms with E-state index in [-0.39, 0.29) is 25.5 Å². The van der Waals surface area contributed by atoms with Crippen molar-refractivity contribution in [3.05, 3.63) is 0 Å². The third-order valence-corrected chi connectivity index (χ3v) is 4.31. The van der Waals surface area contributed by atoms with Gasteiger partial charge in [0.05, 0.1) is 25.0 Å². The van der Waals surface area contributed by atoms with Crippen molar-refractivity contribution in [1.82, 2.24) is 10.2 Å². The highest BCUT2D eigenvalue weighted by Gasteiger charge is 2.47. The van der Waals surface area contributed by atoms with Gasteiger partial charge < -0.3 is 20.1 Å². The SMILES string of the molecule is CN(CCS(C)(=O)=O)C(=O)NC1COCC1(C)C(=O)O. The van der Waals surface area contributed by atoms with Crippen LogP contribution in [0.25, 0.3) is 0 Å². The fourth-order valence-corrected chi connectivity index (χ4v) is 2.35. The number of carbonyl (C=O) groups is 2. The topological polar surface area (TPSA) is 113 Å². The molecule has 2 unspecified atom stereocenters. The maximum Gasteiger partial charge on any atom is 0.317 e. The van der Waals surface area contributed by atoms with Crippen LogP contribution in [0.2, 0.25) is 0 Å². The standard InChI is InChI=1S/C11H20N2O6S/c1-11(9(14)15)7-19-6-8(11)12-10(16)13(2)4-5-20(3,17)18/h8H,4-7H2,1-3H3,(H,12,16)(H,14,15). The summed E-state index contributed by atoms with van der Waals surface area (Å²) < 4.78 is 27.2. The molecule has 2 amide bonds. The van der Waals surface area contributed by atoms with Crippen molar-refractivity contribution in [2.45, 2.75) is 13.0 Å². The summed E-state index contributed by atoms with van der Waals surface area (Å²) >= 11 is 0. The molecule has 0 spiro atoms. The maximum atomic E-state index is 11.9. The zero-order chi connectivity index (χ0) is 15.6. The van der Waals surface area contributed by atoms with Gasteiger partial charge in [-0.15, -0.1) is 0 Å². The molecule has 2 atom stereocenters. The van der Waals surface area contributed by atoms with Crippen LogP contribution >= 0.6 is 0 Å². The molecule has 0 bridgehead atoms. The number of amides is 2. The van der Waals surface area contributed by atoms with E-state index >= 15 is 0 Å². The van der Waals surface area contributed by atoms with Gasteiger partial charge in [0.15, 0.2) is 0 Å². The first-order valence-electron chi connectivity index (χ1n) is 6.07. The number of hydrogen-bond donors (Lipinski definition) is 2. The van der Waals surface area contributed by atoms with Gasteiger partial charge in [0.25, 0.3) is 0 Å². The summed E-state index contributed by atoms with van der Waals surface area (Å²) in [6.45, 7) is 1.70. The zero-order valence-electron chi connectivity index (χ0n) is 11.7. The van der Waals surface area contributed by atoms with E-state index in [0.717, 1.165) is 6.26 Å². The van der Waals surface area contributed by atoms with Crippen LogP contribution in [-0.4, -0.2) is 75.3 Å². The van der Waals surface area contributed by atoms with Gasteiger partial charge in [-0.25, -0.2) is 13.2 Å². The molecule has 0 radical (unpaired) electrons. The van der Waals surface area contributed by atoms with Gasteiger partial charge in [-0.2, -0.15) is 0 Å². The van der Waals surface area contributed by atoms with Gasteiger partial charge >= 0.3 is 12.0 Å². The first-order valence-corrected chi connectivity index (χ1v) is 8.13. The van der Waals surface area contributed by atoms with Gasteiger partial charge in [0.2, 0.25) is 0 Å². The Morgan fingerprint density at radius 2 is 2.10 bits per heavy atom. The second-order valence-electron chi connectivity index (χ2n) is 5.29. The van der Waals surface area contributed by atoms with Crippen molar-refractivity contribution in [2.24, 2.45) is 5.41 Å². The van der Waals surface area contributed by atoms with E-state index < -0.39 is 33.3 Å². The Labute approximate surface area is 118 Å². The Kier molecular flexibility index (Phi) is 4.98. The average Bonchev–Trinajstić information content (AvgIpc) is 2.68. The largest absolute Gasteiger partial charge is 0.481 e.